The number of amides is 2. The SMILES string of the molecule is COCCCN(CCO)C(=O)Nc1ccccc1. The van der Waals surface area contributed by atoms with Gasteiger partial charge >= 0.3 is 6.03 Å². The van der Waals surface area contributed by atoms with Crippen LogP contribution in [0.4, 0.5) is 10.5 Å². The van der Waals surface area contributed by atoms with Gasteiger partial charge in [-0.1, -0.05) is 18.2 Å². The van der Waals surface area contributed by atoms with Crippen molar-refractivity contribution in [2.24, 2.45) is 0 Å². The van der Waals surface area contributed by atoms with Gasteiger partial charge in [-0.15, -0.1) is 0 Å². The van der Waals surface area contributed by atoms with Crippen molar-refractivity contribution in [1.29, 1.82) is 0 Å². The molecule has 0 saturated carbocycles. The van der Waals surface area contributed by atoms with Gasteiger partial charge in [0.15, 0.2) is 0 Å². The minimum Gasteiger partial charge on any atom is -0.395 e. The largest absolute Gasteiger partial charge is 0.395 e. The Bertz CT molecular complexity index is 343. The zero-order valence-electron chi connectivity index (χ0n) is 10.6. The number of nitrogens with zero attached hydrogens (tertiary/aromatic N) is 1. The summed E-state index contributed by atoms with van der Waals surface area (Å²) in [6.07, 6.45) is 0.749. The molecule has 0 atom stereocenters. The van der Waals surface area contributed by atoms with E-state index in [4.69, 9.17) is 9.84 Å². The maximum Gasteiger partial charge on any atom is 0.321 e. The number of nitrogens with one attached hydrogen (secondary N) is 1. The fourth-order valence-electron chi connectivity index (χ4n) is 1.56. The highest BCUT2D eigenvalue weighted by Crippen LogP contribution is 2.06. The monoisotopic (exact) mass is 252 g/mol. The van der Waals surface area contributed by atoms with Gasteiger partial charge in [0.2, 0.25) is 0 Å². The Morgan fingerprint density at radius 1 is 1.33 bits per heavy atom. The van der Waals surface area contributed by atoms with E-state index in [2.05, 4.69) is 5.32 Å². The van der Waals surface area contributed by atoms with Crippen LogP contribution in [0, 0.1) is 0 Å². The molecule has 0 saturated heterocycles. The average molecular weight is 252 g/mol. The van der Waals surface area contributed by atoms with Crippen LogP contribution in [0.2, 0.25) is 0 Å². The van der Waals surface area contributed by atoms with Crippen molar-refractivity contribution in [3.8, 4) is 0 Å². The molecule has 0 spiro atoms. The van der Waals surface area contributed by atoms with Gasteiger partial charge in [-0.05, 0) is 18.6 Å². The van der Waals surface area contributed by atoms with Gasteiger partial charge in [0.05, 0.1) is 6.61 Å². The van der Waals surface area contributed by atoms with Crippen molar-refractivity contribution in [1.82, 2.24) is 4.90 Å². The Balaban J connectivity index is 2.48. The lowest BCUT2D eigenvalue weighted by molar-refractivity contribution is 0.162. The van der Waals surface area contributed by atoms with Crippen molar-refractivity contribution in [2.75, 3.05) is 38.7 Å². The van der Waals surface area contributed by atoms with Gasteiger partial charge in [0.1, 0.15) is 0 Å². The fraction of sp³-hybridized carbons (Fsp3) is 0.462. The summed E-state index contributed by atoms with van der Waals surface area (Å²) in [4.78, 5) is 13.5. The molecule has 100 valence electrons. The smallest absolute Gasteiger partial charge is 0.321 e. The number of aliphatic hydroxyl groups excluding tert-OH is 1. The Kier molecular flexibility index (Phi) is 6.83. The number of benzene rings is 1. The molecule has 0 fully saturated rings. The molecule has 18 heavy (non-hydrogen) atoms. The average Bonchev–Trinajstić information content (AvgIpc) is 2.39. The molecule has 1 aromatic rings. The first-order chi connectivity index (χ1) is 8.77. The van der Waals surface area contributed by atoms with E-state index < -0.39 is 0 Å². The van der Waals surface area contributed by atoms with Crippen LogP contribution in [0.5, 0.6) is 0 Å². The number of ether oxygens (including phenoxy) is 1. The van der Waals surface area contributed by atoms with E-state index in [0.717, 1.165) is 12.1 Å². The number of carbonyl (C=O) groups excluding carboxylic acids is 1. The molecule has 1 rings (SSSR count). The van der Waals surface area contributed by atoms with Crippen molar-refractivity contribution < 1.29 is 14.6 Å². The maximum atomic E-state index is 12.0. The summed E-state index contributed by atoms with van der Waals surface area (Å²) in [5.74, 6) is 0. The predicted octanol–water partition coefficient (Wildman–Crippen LogP) is 1.55. The van der Waals surface area contributed by atoms with Crippen LogP contribution in [0.1, 0.15) is 6.42 Å². The number of para-hydroxylation sites is 1. The third-order valence-corrected chi connectivity index (χ3v) is 2.46. The molecule has 0 aliphatic heterocycles. The van der Waals surface area contributed by atoms with Crippen molar-refractivity contribution >= 4 is 11.7 Å². The van der Waals surface area contributed by atoms with Crippen LogP contribution in [0.15, 0.2) is 30.3 Å². The molecule has 1 aromatic carbocycles. The maximum absolute atomic E-state index is 12.0. The second-order valence-corrected chi connectivity index (χ2v) is 3.85. The first-order valence-electron chi connectivity index (χ1n) is 5.98. The topological polar surface area (TPSA) is 61.8 Å². The van der Waals surface area contributed by atoms with Gasteiger partial charge in [-0.3, -0.25) is 0 Å². The van der Waals surface area contributed by atoms with Crippen LogP contribution in [0.3, 0.4) is 0 Å². The summed E-state index contributed by atoms with van der Waals surface area (Å²) in [5.41, 5.74) is 0.747. The number of methoxy groups -OCH3 is 1. The number of rotatable bonds is 7. The summed E-state index contributed by atoms with van der Waals surface area (Å²) < 4.78 is 4.95. The lowest BCUT2D eigenvalue weighted by Gasteiger charge is -2.22. The van der Waals surface area contributed by atoms with Crippen molar-refractivity contribution in [3.63, 3.8) is 0 Å². The number of anilines is 1. The Labute approximate surface area is 107 Å². The number of aliphatic hydroxyl groups is 1. The number of hydrogen-bond donors (Lipinski definition) is 2. The van der Waals surface area contributed by atoms with E-state index >= 15 is 0 Å². The molecule has 0 aliphatic rings. The molecular weight excluding hydrogens is 232 g/mol. The fourth-order valence-corrected chi connectivity index (χ4v) is 1.56. The highest BCUT2D eigenvalue weighted by molar-refractivity contribution is 5.89. The van der Waals surface area contributed by atoms with Gasteiger partial charge in [0.25, 0.3) is 0 Å². The summed E-state index contributed by atoms with van der Waals surface area (Å²) in [6, 6.07) is 9.05. The van der Waals surface area contributed by atoms with E-state index in [-0.39, 0.29) is 12.6 Å². The Morgan fingerprint density at radius 3 is 2.67 bits per heavy atom. The van der Waals surface area contributed by atoms with E-state index in [1.165, 1.54) is 0 Å². The standard InChI is InChI=1S/C13H20N2O3/c1-18-11-5-8-15(9-10-16)13(17)14-12-6-3-2-4-7-12/h2-4,6-7,16H,5,8-11H2,1H3,(H,14,17). The molecule has 0 bridgehead atoms. The lowest BCUT2D eigenvalue weighted by Crippen LogP contribution is -2.38. The highest BCUT2D eigenvalue weighted by atomic mass is 16.5. The first kappa shape index (κ1) is 14.5. The van der Waals surface area contributed by atoms with Gasteiger partial charge in [-0.25, -0.2) is 4.79 Å². The quantitative estimate of drug-likeness (QED) is 0.724. The minimum atomic E-state index is -0.202. The molecule has 0 aromatic heterocycles. The van der Waals surface area contributed by atoms with Crippen LogP contribution >= 0.6 is 0 Å². The van der Waals surface area contributed by atoms with E-state index in [1.54, 1.807) is 12.0 Å². The van der Waals surface area contributed by atoms with E-state index in [1.807, 2.05) is 30.3 Å². The molecule has 0 heterocycles. The zero-order valence-corrected chi connectivity index (χ0v) is 10.6. The summed E-state index contributed by atoms with van der Waals surface area (Å²) >= 11 is 0. The molecule has 2 amide bonds. The molecule has 5 nitrogen and oxygen atoms in total. The molecule has 0 unspecified atom stereocenters. The minimum absolute atomic E-state index is 0.0464. The van der Waals surface area contributed by atoms with E-state index in [9.17, 15) is 4.79 Å². The lowest BCUT2D eigenvalue weighted by atomic mass is 10.3. The summed E-state index contributed by atoms with van der Waals surface area (Å²) in [7, 11) is 1.63. The third-order valence-electron chi connectivity index (χ3n) is 2.46. The molecule has 0 radical (unpaired) electrons. The van der Waals surface area contributed by atoms with Gasteiger partial charge in [0, 0.05) is 32.5 Å². The Morgan fingerprint density at radius 2 is 2.06 bits per heavy atom. The first-order valence-corrected chi connectivity index (χ1v) is 5.98. The highest BCUT2D eigenvalue weighted by Gasteiger charge is 2.12. The number of urea groups is 1. The zero-order chi connectivity index (χ0) is 13.2. The predicted molar refractivity (Wildman–Crippen MR) is 70.6 cm³/mol. The molecule has 0 aliphatic carbocycles. The van der Waals surface area contributed by atoms with Gasteiger partial charge < -0.3 is 20.1 Å². The van der Waals surface area contributed by atoms with Gasteiger partial charge in [-0.2, -0.15) is 0 Å². The number of hydrogen-bond acceptors (Lipinski definition) is 3. The van der Waals surface area contributed by atoms with Crippen LogP contribution in [0.25, 0.3) is 0 Å². The number of carbonyl (C=O) groups is 1. The van der Waals surface area contributed by atoms with Crippen LogP contribution in [-0.2, 0) is 4.74 Å². The van der Waals surface area contributed by atoms with Crippen LogP contribution in [-0.4, -0.2) is 49.5 Å². The molecule has 5 heteroatoms. The summed E-state index contributed by atoms with van der Waals surface area (Å²) in [6.45, 7) is 1.44. The normalized spacial score (nSPS) is 10.1. The summed E-state index contributed by atoms with van der Waals surface area (Å²) in [5, 5.41) is 11.7. The second-order valence-electron chi connectivity index (χ2n) is 3.85. The third kappa shape index (κ3) is 5.16. The van der Waals surface area contributed by atoms with E-state index in [0.29, 0.717) is 19.7 Å². The Hall–Kier alpha value is -1.59. The van der Waals surface area contributed by atoms with Crippen molar-refractivity contribution in [3.05, 3.63) is 30.3 Å². The second kappa shape index (κ2) is 8.49. The molecular formula is C13H20N2O3. The molecule has 2 N–H and O–H groups in total. The van der Waals surface area contributed by atoms with Crippen LogP contribution < -0.4 is 5.32 Å². The van der Waals surface area contributed by atoms with Crippen molar-refractivity contribution in [2.45, 2.75) is 6.42 Å².